The van der Waals surface area contributed by atoms with Gasteiger partial charge in [0.15, 0.2) is 0 Å². The summed E-state index contributed by atoms with van der Waals surface area (Å²) in [6.45, 7) is 1.88. The Morgan fingerprint density at radius 2 is 1.96 bits per heavy atom. The number of likely N-dealkylation sites (tertiary alicyclic amines) is 1. The highest BCUT2D eigenvalue weighted by Crippen LogP contribution is 2.38. The van der Waals surface area contributed by atoms with E-state index in [1.165, 1.54) is 14.2 Å². The predicted molar refractivity (Wildman–Crippen MR) is 82.5 cm³/mol. The molecule has 0 atom stereocenters. The molecule has 3 heterocycles. The molecule has 0 aliphatic carbocycles. The molecule has 3 rings (SSSR count). The SMILES string of the molecule is COc1ccc(C(=O)N2CCC3(CCNC3=O)CC2)c(OC)n1. The number of pyridine rings is 1. The van der Waals surface area contributed by atoms with E-state index in [9.17, 15) is 9.59 Å². The Morgan fingerprint density at radius 3 is 2.52 bits per heavy atom. The van der Waals surface area contributed by atoms with Crippen molar-refractivity contribution in [2.24, 2.45) is 5.41 Å². The monoisotopic (exact) mass is 319 g/mol. The molecule has 2 fully saturated rings. The van der Waals surface area contributed by atoms with Crippen molar-refractivity contribution < 1.29 is 19.1 Å². The molecule has 1 aromatic rings. The predicted octanol–water partition coefficient (Wildman–Crippen LogP) is 0.841. The van der Waals surface area contributed by atoms with Crippen LogP contribution in [0, 0.1) is 5.41 Å². The summed E-state index contributed by atoms with van der Waals surface area (Å²) >= 11 is 0. The van der Waals surface area contributed by atoms with Crippen molar-refractivity contribution in [1.29, 1.82) is 0 Å². The van der Waals surface area contributed by atoms with E-state index in [1.54, 1.807) is 17.0 Å². The van der Waals surface area contributed by atoms with Gasteiger partial charge >= 0.3 is 0 Å². The topological polar surface area (TPSA) is 80.8 Å². The molecule has 2 aliphatic heterocycles. The third-order valence-electron chi connectivity index (χ3n) is 4.85. The van der Waals surface area contributed by atoms with Crippen LogP contribution in [-0.2, 0) is 4.79 Å². The van der Waals surface area contributed by atoms with Crippen molar-refractivity contribution in [3.8, 4) is 11.8 Å². The van der Waals surface area contributed by atoms with Gasteiger partial charge in [0.05, 0.1) is 19.6 Å². The molecule has 2 saturated heterocycles. The molecule has 0 unspecified atom stereocenters. The van der Waals surface area contributed by atoms with Crippen LogP contribution in [0.2, 0.25) is 0 Å². The van der Waals surface area contributed by atoms with Crippen molar-refractivity contribution in [2.75, 3.05) is 33.9 Å². The quantitative estimate of drug-likeness (QED) is 0.893. The minimum atomic E-state index is -0.279. The van der Waals surface area contributed by atoms with Crippen LogP contribution in [0.4, 0.5) is 0 Å². The van der Waals surface area contributed by atoms with Crippen molar-refractivity contribution in [1.82, 2.24) is 15.2 Å². The fourth-order valence-electron chi connectivity index (χ4n) is 3.36. The third-order valence-corrected chi connectivity index (χ3v) is 4.85. The summed E-state index contributed by atoms with van der Waals surface area (Å²) in [5.41, 5.74) is 0.138. The summed E-state index contributed by atoms with van der Waals surface area (Å²) in [6.07, 6.45) is 2.27. The maximum absolute atomic E-state index is 12.7. The highest BCUT2D eigenvalue weighted by Gasteiger charge is 2.45. The number of hydrogen-bond acceptors (Lipinski definition) is 5. The second-order valence-corrected chi connectivity index (χ2v) is 5.99. The standard InChI is InChI=1S/C16H21N3O4/c1-22-12-4-3-11(13(18-12)23-2)14(20)19-9-6-16(7-10-19)5-8-17-15(16)21/h3-4H,5-10H2,1-2H3,(H,17,21). The zero-order valence-corrected chi connectivity index (χ0v) is 13.4. The first-order valence-corrected chi connectivity index (χ1v) is 7.76. The largest absolute Gasteiger partial charge is 0.481 e. The number of nitrogens with one attached hydrogen (secondary N) is 1. The van der Waals surface area contributed by atoms with Crippen LogP contribution in [0.3, 0.4) is 0 Å². The van der Waals surface area contributed by atoms with Gasteiger partial charge in [-0.25, -0.2) is 0 Å². The Bertz CT molecular complexity index is 624. The Balaban J connectivity index is 1.74. The lowest BCUT2D eigenvalue weighted by Crippen LogP contribution is -2.46. The smallest absolute Gasteiger partial charge is 0.259 e. The molecule has 1 N–H and O–H groups in total. The van der Waals surface area contributed by atoms with E-state index >= 15 is 0 Å². The number of nitrogens with zero attached hydrogens (tertiary/aromatic N) is 2. The first-order valence-electron chi connectivity index (χ1n) is 7.76. The average molecular weight is 319 g/mol. The zero-order valence-electron chi connectivity index (χ0n) is 13.4. The van der Waals surface area contributed by atoms with E-state index in [4.69, 9.17) is 9.47 Å². The molecule has 0 radical (unpaired) electrons. The molecule has 124 valence electrons. The van der Waals surface area contributed by atoms with E-state index in [0.717, 1.165) is 13.0 Å². The lowest BCUT2D eigenvalue weighted by molar-refractivity contribution is -0.129. The van der Waals surface area contributed by atoms with E-state index < -0.39 is 0 Å². The molecule has 2 amide bonds. The molecule has 1 aromatic heterocycles. The van der Waals surface area contributed by atoms with Crippen molar-refractivity contribution >= 4 is 11.8 Å². The van der Waals surface area contributed by atoms with Crippen LogP contribution < -0.4 is 14.8 Å². The van der Waals surface area contributed by atoms with Crippen LogP contribution in [0.15, 0.2) is 12.1 Å². The maximum Gasteiger partial charge on any atom is 0.259 e. The van der Waals surface area contributed by atoms with Gasteiger partial charge in [0.25, 0.3) is 5.91 Å². The average Bonchev–Trinajstić information content (AvgIpc) is 2.94. The summed E-state index contributed by atoms with van der Waals surface area (Å²) in [5, 5.41) is 2.90. The van der Waals surface area contributed by atoms with Crippen molar-refractivity contribution in [3.05, 3.63) is 17.7 Å². The lowest BCUT2D eigenvalue weighted by Gasteiger charge is -2.37. The summed E-state index contributed by atoms with van der Waals surface area (Å²) in [5.74, 6) is 0.672. The number of carbonyl (C=O) groups excluding carboxylic acids is 2. The second-order valence-electron chi connectivity index (χ2n) is 5.99. The first kappa shape index (κ1) is 15.6. The fourth-order valence-corrected chi connectivity index (χ4v) is 3.36. The molecular formula is C16H21N3O4. The lowest BCUT2D eigenvalue weighted by atomic mass is 9.77. The van der Waals surface area contributed by atoms with E-state index in [-0.39, 0.29) is 23.1 Å². The molecule has 23 heavy (non-hydrogen) atoms. The van der Waals surface area contributed by atoms with Crippen molar-refractivity contribution in [3.63, 3.8) is 0 Å². The minimum absolute atomic E-state index is 0.120. The van der Waals surface area contributed by atoms with Crippen LogP contribution in [0.5, 0.6) is 11.8 Å². The number of rotatable bonds is 3. The number of hydrogen-bond donors (Lipinski definition) is 1. The normalized spacial score (nSPS) is 19.6. The van der Waals surface area contributed by atoms with Gasteiger partial charge in [-0.1, -0.05) is 0 Å². The Hall–Kier alpha value is -2.31. The summed E-state index contributed by atoms with van der Waals surface area (Å²) in [4.78, 5) is 30.7. The number of methoxy groups -OCH3 is 2. The summed E-state index contributed by atoms with van der Waals surface area (Å²) in [7, 11) is 2.99. The number of carbonyl (C=O) groups is 2. The van der Waals surface area contributed by atoms with Gasteiger partial charge < -0.3 is 19.7 Å². The summed E-state index contributed by atoms with van der Waals surface area (Å²) in [6, 6.07) is 3.31. The third kappa shape index (κ3) is 2.71. The molecular weight excluding hydrogens is 298 g/mol. The van der Waals surface area contributed by atoms with Gasteiger partial charge in [0.1, 0.15) is 5.56 Å². The maximum atomic E-state index is 12.7. The van der Waals surface area contributed by atoms with E-state index in [1.807, 2.05) is 0 Å². The molecule has 2 aliphatic rings. The fraction of sp³-hybridized carbons (Fsp3) is 0.562. The molecule has 0 aromatic carbocycles. The number of amides is 2. The highest BCUT2D eigenvalue weighted by molar-refractivity contribution is 5.96. The van der Waals surface area contributed by atoms with Gasteiger partial charge in [-0.15, -0.1) is 0 Å². The molecule has 1 spiro atoms. The number of piperidine rings is 1. The molecule has 7 nitrogen and oxygen atoms in total. The van der Waals surface area contributed by atoms with E-state index in [0.29, 0.717) is 37.4 Å². The Morgan fingerprint density at radius 1 is 1.22 bits per heavy atom. The number of aromatic nitrogens is 1. The minimum Gasteiger partial charge on any atom is -0.481 e. The summed E-state index contributed by atoms with van der Waals surface area (Å²) < 4.78 is 10.3. The van der Waals surface area contributed by atoms with Gasteiger partial charge in [-0.05, 0) is 25.3 Å². The van der Waals surface area contributed by atoms with Gasteiger partial charge in [-0.3, -0.25) is 9.59 Å². The Labute approximate surface area is 135 Å². The van der Waals surface area contributed by atoms with Crippen LogP contribution >= 0.6 is 0 Å². The Kier molecular flexibility index (Phi) is 4.11. The van der Waals surface area contributed by atoms with Gasteiger partial charge in [0.2, 0.25) is 17.7 Å². The van der Waals surface area contributed by atoms with Gasteiger partial charge in [-0.2, -0.15) is 4.98 Å². The second kappa shape index (κ2) is 6.06. The van der Waals surface area contributed by atoms with E-state index in [2.05, 4.69) is 10.3 Å². The first-order chi connectivity index (χ1) is 11.1. The van der Waals surface area contributed by atoms with Crippen LogP contribution in [-0.4, -0.2) is 55.6 Å². The zero-order chi connectivity index (χ0) is 16.4. The van der Waals surface area contributed by atoms with Crippen molar-refractivity contribution in [2.45, 2.75) is 19.3 Å². The highest BCUT2D eigenvalue weighted by atomic mass is 16.5. The molecule has 0 saturated carbocycles. The molecule has 7 heteroatoms. The van der Waals surface area contributed by atoms with Gasteiger partial charge in [0, 0.05) is 25.7 Å². The van der Waals surface area contributed by atoms with Crippen LogP contribution in [0.25, 0.3) is 0 Å². The van der Waals surface area contributed by atoms with Crippen LogP contribution in [0.1, 0.15) is 29.6 Å². The molecule has 0 bridgehead atoms. The number of ether oxygens (including phenoxy) is 2.